The van der Waals surface area contributed by atoms with E-state index < -0.39 is 0 Å². The standard InChI is InChI=1S/C21H23N7O/c1-12(2)29-21-8-5-14(11-22-21)15-9-16(15)18-10-19(27(4)25-18)17-6-7-20-24-23-13(3)28(20)26-17/h5-8,10-12,15-16H,9H2,1-4H3. The van der Waals surface area contributed by atoms with E-state index in [2.05, 4.69) is 32.4 Å². The van der Waals surface area contributed by atoms with Crippen molar-refractivity contribution >= 4 is 5.65 Å². The minimum Gasteiger partial charge on any atom is -0.475 e. The number of pyridine rings is 1. The van der Waals surface area contributed by atoms with Gasteiger partial charge >= 0.3 is 0 Å². The molecule has 2 atom stereocenters. The number of hydrogen-bond donors (Lipinski definition) is 0. The van der Waals surface area contributed by atoms with Crippen LogP contribution in [0.1, 0.15) is 49.2 Å². The molecule has 0 aromatic carbocycles. The van der Waals surface area contributed by atoms with Gasteiger partial charge in [-0.15, -0.1) is 10.2 Å². The van der Waals surface area contributed by atoms with Crippen molar-refractivity contribution in [1.82, 2.24) is 34.6 Å². The summed E-state index contributed by atoms with van der Waals surface area (Å²) in [6, 6.07) is 10.1. The lowest BCUT2D eigenvalue weighted by Crippen LogP contribution is -2.06. The van der Waals surface area contributed by atoms with Gasteiger partial charge in [-0.3, -0.25) is 4.68 Å². The first-order valence-electron chi connectivity index (χ1n) is 9.85. The van der Waals surface area contributed by atoms with E-state index in [1.165, 1.54) is 5.56 Å². The van der Waals surface area contributed by atoms with Gasteiger partial charge in [0.2, 0.25) is 5.88 Å². The van der Waals surface area contributed by atoms with Crippen LogP contribution >= 0.6 is 0 Å². The highest BCUT2D eigenvalue weighted by Gasteiger charge is 2.41. The third-order valence-electron chi connectivity index (χ3n) is 5.29. The van der Waals surface area contributed by atoms with E-state index in [9.17, 15) is 0 Å². The SMILES string of the molecule is Cc1nnc2ccc(-c3cc(C4CC4c4ccc(OC(C)C)nc4)nn3C)nn12. The molecule has 1 aliphatic carbocycles. The molecule has 0 N–H and O–H groups in total. The minimum absolute atomic E-state index is 0.128. The lowest BCUT2D eigenvalue weighted by molar-refractivity contribution is 0.232. The molecular weight excluding hydrogens is 366 g/mol. The highest BCUT2D eigenvalue weighted by Crippen LogP contribution is 2.54. The summed E-state index contributed by atoms with van der Waals surface area (Å²) in [5.41, 5.74) is 4.92. The second kappa shape index (κ2) is 6.65. The zero-order chi connectivity index (χ0) is 20.1. The van der Waals surface area contributed by atoms with E-state index in [0.717, 1.165) is 35.0 Å². The summed E-state index contributed by atoms with van der Waals surface area (Å²) in [5.74, 6) is 2.30. The first-order chi connectivity index (χ1) is 14.0. The number of ether oxygens (including phenoxy) is 1. The fraction of sp³-hybridized carbons (Fsp3) is 0.381. The van der Waals surface area contributed by atoms with Crippen molar-refractivity contribution in [2.45, 2.75) is 45.1 Å². The first kappa shape index (κ1) is 17.8. The molecule has 2 unspecified atom stereocenters. The number of aromatic nitrogens is 7. The van der Waals surface area contributed by atoms with Crippen molar-refractivity contribution < 1.29 is 4.74 Å². The summed E-state index contributed by atoms with van der Waals surface area (Å²) >= 11 is 0. The maximum absolute atomic E-state index is 5.64. The van der Waals surface area contributed by atoms with E-state index >= 15 is 0 Å². The molecule has 5 rings (SSSR count). The molecule has 0 amide bonds. The number of hydrogen-bond acceptors (Lipinski definition) is 6. The van der Waals surface area contributed by atoms with Crippen LogP contribution in [-0.2, 0) is 7.05 Å². The highest BCUT2D eigenvalue weighted by molar-refractivity contribution is 5.57. The Kier molecular flexibility index (Phi) is 4.08. The van der Waals surface area contributed by atoms with Gasteiger partial charge in [-0.25, -0.2) is 4.98 Å². The maximum atomic E-state index is 5.64. The van der Waals surface area contributed by atoms with Crippen LogP contribution < -0.4 is 4.74 Å². The second-order valence-electron chi connectivity index (χ2n) is 7.86. The predicted octanol–water partition coefficient (Wildman–Crippen LogP) is 3.29. The molecule has 0 radical (unpaired) electrons. The van der Waals surface area contributed by atoms with E-state index in [0.29, 0.717) is 17.7 Å². The quantitative estimate of drug-likeness (QED) is 0.521. The summed E-state index contributed by atoms with van der Waals surface area (Å²) in [6.07, 6.45) is 3.14. The zero-order valence-electron chi connectivity index (χ0n) is 16.9. The summed E-state index contributed by atoms with van der Waals surface area (Å²) in [6.45, 7) is 5.90. The molecule has 4 aromatic rings. The molecule has 1 fully saturated rings. The van der Waals surface area contributed by atoms with Crippen molar-refractivity contribution in [3.05, 3.63) is 53.6 Å². The van der Waals surface area contributed by atoms with Crippen molar-refractivity contribution in [3.8, 4) is 17.3 Å². The van der Waals surface area contributed by atoms with Gasteiger partial charge in [0, 0.05) is 25.2 Å². The van der Waals surface area contributed by atoms with Crippen LogP contribution in [0.25, 0.3) is 17.0 Å². The van der Waals surface area contributed by atoms with E-state index in [1.54, 1.807) is 4.52 Å². The Hall–Kier alpha value is -3.29. The number of fused-ring (bicyclic) bond motifs is 1. The van der Waals surface area contributed by atoms with Crippen LogP contribution in [0, 0.1) is 6.92 Å². The van der Waals surface area contributed by atoms with E-state index in [-0.39, 0.29) is 6.10 Å². The Labute approximate surface area is 168 Å². The van der Waals surface area contributed by atoms with Gasteiger partial charge in [0.05, 0.1) is 17.5 Å². The first-order valence-corrected chi connectivity index (χ1v) is 9.85. The largest absolute Gasteiger partial charge is 0.475 e. The number of rotatable bonds is 5. The van der Waals surface area contributed by atoms with Crippen LogP contribution in [0.15, 0.2) is 36.5 Å². The third-order valence-corrected chi connectivity index (χ3v) is 5.29. The van der Waals surface area contributed by atoms with E-state index in [4.69, 9.17) is 9.84 Å². The Morgan fingerprint density at radius 2 is 1.93 bits per heavy atom. The minimum atomic E-state index is 0.128. The zero-order valence-corrected chi connectivity index (χ0v) is 16.9. The molecule has 0 saturated heterocycles. The Morgan fingerprint density at radius 3 is 2.69 bits per heavy atom. The number of nitrogens with zero attached hydrogens (tertiary/aromatic N) is 7. The molecule has 8 nitrogen and oxygen atoms in total. The van der Waals surface area contributed by atoms with Crippen LogP contribution in [0.2, 0.25) is 0 Å². The average Bonchev–Trinajstić information content (AvgIpc) is 3.28. The van der Waals surface area contributed by atoms with Gasteiger partial charge < -0.3 is 4.74 Å². The monoisotopic (exact) mass is 389 g/mol. The molecule has 8 heteroatoms. The van der Waals surface area contributed by atoms with Crippen LogP contribution in [0.5, 0.6) is 5.88 Å². The van der Waals surface area contributed by atoms with Crippen molar-refractivity contribution in [3.63, 3.8) is 0 Å². The second-order valence-corrected chi connectivity index (χ2v) is 7.86. The molecule has 0 aliphatic heterocycles. The van der Waals surface area contributed by atoms with E-state index in [1.807, 2.05) is 56.9 Å². The normalized spacial score (nSPS) is 18.5. The molecular formula is C21H23N7O. The predicted molar refractivity (Wildman–Crippen MR) is 108 cm³/mol. The molecule has 4 heterocycles. The molecule has 148 valence electrons. The van der Waals surface area contributed by atoms with Crippen molar-refractivity contribution in [2.75, 3.05) is 0 Å². The topological polar surface area (TPSA) is 83.0 Å². The molecule has 4 aromatic heterocycles. The summed E-state index contributed by atoms with van der Waals surface area (Å²) < 4.78 is 9.29. The maximum Gasteiger partial charge on any atom is 0.213 e. The molecule has 29 heavy (non-hydrogen) atoms. The fourth-order valence-corrected chi connectivity index (χ4v) is 3.76. The van der Waals surface area contributed by atoms with Crippen LogP contribution in [0.3, 0.4) is 0 Å². The Morgan fingerprint density at radius 1 is 1.07 bits per heavy atom. The lowest BCUT2D eigenvalue weighted by atomic mass is 10.1. The summed E-state index contributed by atoms with van der Waals surface area (Å²) in [7, 11) is 1.96. The van der Waals surface area contributed by atoms with Crippen molar-refractivity contribution in [1.29, 1.82) is 0 Å². The van der Waals surface area contributed by atoms with Gasteiger partial charge in [-0.2, -0.15) is 14.7 Å². The van der Waals surface area contributed by atoms with Crippen LogP contribution in [-0.4, -0.2) is 40.7 Å². The van der Waals surface area contributed by atoms with Gasteiger partial charge in [0.1, 0.15) is 5.69 Å². The Balaban J connectivity index is 1.37. The molecule has 0 bridgehead atoms. The highest BCUT2D eigenvalue weighted by atomic mass is 16.5. The van der Waals surface area contributed by atoms with Crippen LogP contribution in [0.4, 0.5) is 0 Å². The fourth-order valence-electron chi connectivity index (χ4n) is 3.76. The van der Waals surface area contributed by atoms with Crippen molar-refractivity contribution in [2.24, 2.45) is 7.05 Å². The average molecular weight is 389 g/mol. The molecule has 0 spiro atoms. The van der Waals surface area contributed by atoms with Gasteiger partial charge in [-0.1, -0.05) is 6.07 Å². The Bertz CT molecular complexity index is 1180. The summed E-state index contributed by atoms with van der Waals surface area (Å²) in [5, 5.41) is 17.6. The third kappa shape index (κ3) is 3.24. The summed E-state index contributed by atoms with van der Waals surface area (Å²) in [4.78, 5) is 4.44. The molecule has 1 saturated carbocycles. The number of aryl methyl sites for hydroxylation is 2. The van der Waals surface area contributed by atoms with Gasteiger partial charge in [0.15, 0.2) is 11.5 Å². The van der Waals surface area contributed by atoms with Gasteiger partial charge in [0.25, 0.3) is 0 Å². The smallest absolute Gasteiger partial charge is 0.213 e. The lowest BCUT2D eigenvalue weighted by Gasteiger charge is -2.08. The molecule has 1 aliphatic rings. The van der Waals surface area contributed by atoms with Gasteiger partial charge in [-0.05, 0) is 56.9 Å².